The average Bonchev–Trinajstić information content (AvgIpc) is 3.00. The number of fused-ring (bicyclic) bond motifs is 2. The first-order chi connectivity index (χ1) is 19.0. The van der Waals surface area contributed by atoms with Gasteiger partial charge in [-0.05, 0) is 60.7 Å². The van der Waals surface area contributed by atoms with Gasteiger partial charge in [-0.25, -0.2) is 5.10 Å². The molecule has 0 atom stereocenters. The lowest BCUT2D eigenvalue weighted by molar-refractivity contribution is 0.415. The van der Waals surface area contributed by atoms with Crippen molar-refractivity contribution < 1.29 is 9.47 Å². The second-order valence-corrected chi connectivity index (χ2v) is 8.55. The van der Waals surface area contributed by atoms with Crippen molar-refractivity contribution in [2.75, 3.05) is 20.1 Å². The van der Waals surface area contributed by atoms with Crippen molar-refractivity contribution in [3.8, 4) is 34.0 Å². The number of aromatic nitrogens is 4. The average molecular weight is 520 g/mol. The lowest BCUT2D eigenvalue weighted by Crippen LogP contribution is -2.30. The first-order valence-electron chi connectivity index (χ1n) is 12.0. The smallest absolute Gasteiger partial charge is 0.293 e. The zero-order chi connectivity index (χ0) is 27.4. The van der Waals surface area contributed by atoms with Crippen LogP contribution in [-0.4, -0.2) is 34.3 Å². The fourth-order valence-electron chi connectivity index (χ4n) is 4.25. The number of H-pyrrole nitrogens is 1. The Labute approximate surface area is 223 Å². The highest BCUT2D eigenvalue weighted by Gasteiger charge is 2.11. The van der Waals surface area contributed by atoms with Gasteiger partial charge in [0.05, 0.1) is 30.7 Å². The van der Waals surface area contributed by atoms with Crippen molar-refractivity contribution in [1.29, 1.82) is 0 Å². The van der Waals surface area contributed by atoms with Crippen LogP contribution in [0.1, 0.15) is 0 Å². The van der Waals surface area contributed by atoms with Gasteiger partial charge in [-0.1, -0.05) is 36.4 Å². The maximum Gasteiger partial charge on any atom is 0.293 e. The minimum Gasteiger partial charge on any atom is -0.497 e. The number of nitrogen functional groups attached to an aromatic ring is 1. The molecule has 0 unspecified atom stereocenters. The molecular formula is C30H25N5O4. The van der Waals surface area contributed by atoms with E-state index in [9.17, 15) is 9.59 Å². The van der Waals surface area contributed by atoms with Crippen molar-refractivity contribution in [1.82, 2.24) is 20.1 Å². The lowest BCUT2D eigenvalue weighted by Gasteiger charge is -2.08. The summed E-state index contributed by atoms with van der Waals surface area (Å²) in [6.07, 6.45) is 0. The number of nitrogens with one attached hydrogen (secondary N) is 1. The van der Waals surface area contributed by atoms with Crippen molar-refractivity contribution in [2.45, 2.75) is 0 Å². The molecular weight excluding hydrogens is 494 g/mol. The molecule has 6 aromatic rings. The summed E-state index contributed by atoms with van der Waals surface area (Å²) in [6, 6.07) is 29.8. The Morgan fingerprint density at radius 1 is 0.641 bits per heavy atom. The van der Waals surface area contributed by atoms with Crippen molar-refractivity contribution in [3.05, 3.63) is 118 Å². The van der Waals surface area contributed by atoms with Crippen LogP contribution in [0.2, 0.25) is 0 Å². The number of nitrogens with zero attached hydrogens (tertiary/aromatic N) is 3. The highest BCUT2D eigenvalue weighted by atomic mass is 16.5. The van der Waals surface area contributed by atoms with Gasteiger partial charge in [0.1, 0.15) is 17.2 Å². The molecule has 0 aliphatic rings. The summed E-state index contributed by atoms with van der Waals surface area (Å²) < 4.78 is 10.3. The third-order valence-electron chi connectivity index (χ3n) is 6.25. The van der Waals surface area contributed by atoms with Crippen LogP contribution in [0, 0.1) is 0 Å². The lowest BCUT2D eigenvalue weighted by atomic mass is 10.1. The molecule has 2 heterocycles. The van der Waals surface area contributed by atoms with E-state index in [-0.39, 0.29) is 11.1 Å². The summed E-state index contributed by atoms with van der Waals surface area (Å²) >= 11 is 0. The van der Waals surface area contributed by atoms with E-state index in [0.717, 1.165) is 43.9 Å². The Hall–Kier alpha value is -5.44. The van der Waals surface area contributed by atoms with Gasteiger partial charge in [0.2, 0.25) is 0 Å². The molecule has 0 spiro atoms. The van der Waals surface area contributed by atoms with E-state index in [2.05, 4.69) is 15.3 Å². The zero-order valence-corrected chi connectivity index (χ0v) is 21.3. The minimum absolute atomic E-state index is 0.173. The molecule has 0 bridgehead atoms. The summed E-state index contributed by atoms with van der Waals surface area (Å²) in [7, 11) is 3.24. The topological polar surface area (TPSA) is 125 Å². The Bertz CT molecular complexity index is 1880. The van der Waals surface area contributed by atoms with E-state index in [0.29, 0.717) is 16.5 Å². The molecule has 0 saturated carbocycles. The predicted octanol–water partition coefficient (Wildman–Crippen LogP) is 4.38. The quantitative estimate of drug-likeness (QED) is 0.331. The fraction of sp³-hybridized carbons (Fsp3) is 0.0667. The molecule has 0 amide bonds. The second kappa shape index (κ2) is 10.9. The van der Waals surface area contributed by atoms with Crippen LogP contribution in [0.5, 0.6) is 11.5 Å². The third kappa shape index (κ3) is 5.05. The van der Waals surface area contributed by atoms with Gasteiger partial charge in [-0.2, -0.15) is 5.10 Å². The molecule has 9 heteroatoms. The van der Waals surface area contributed by atoms with Gasteiger partial charge in [0, 0.05) is 21.9 Å². The maximum absolute atomic E-state index is 12.0. The number of methoxy groups -OCH3 is 2. The third-order valence-corrected chi connectivity index (χ3v) is 6.25. The van der Waals surface area contributed by atoms with Crippen molar-refractivity contribution >= 4 is 21.5 Å². The number of benzene rings is 4. The van der Waals surface area contributed by atoms with Crippen LogP contribution in [0.15, 0.2) is 107 Å². The van der Waals surface area contributed by atoms with E-state index in [1.807, 2.05) is 84.9 Å². The molecule has 39 heavy (non-hydrogen) atoms. The summed E-state index contributed by atoms with van der Waals surface area (Å²) in [5.41, 5.74) is 2.77. The Balaban J connectivity index is 0.000000158. The second-order valence-electron chi connectivity index (χ2n) is 8.55. The van der Waals surface area contributed by atoms with Crippen molar-refractivity contribution in [2.24, 2.45) is 0 Å². The highest BCUT2D eigenvalue weighted by molar-refractivity contribution is 5.94. The van der Waals surface area contributed by atoms with Gasteiger partial charge >= 0.3 is 0 Å². The van der Waals surface area contributed by atoms with Crippen LogP contribution in [0.4, 0.5) is 0 Å². The normalized spacial score (nSPS) is 10.6. The Morgan fingerprint density at radius 3 is 1.64 bits per heavy atom. The van der Waals surface area contributed by atoms with Crippen LogP contribution in [-0.2, 0) is 0 Å². The number of nitrogens with two attached hydrogens (primary N) is 1. The minimum atomic E-state index is -0.308. The van der Waals surface area contributed by atoms with Crippen LogP contribution >= 0.6 is 0 Å². The van der Waals surface area contributed by atoms with E-state index < -0.39 is 0 Å². The molecule has 6 rings (SSSR count). The number of hydrogen-bond donors (Lipinski definition) is 2. The molecule has 0 aliphatic carbocycles. The van der Waals surface area contributed by atoms with E-state index in [4.69, 9.17) is 15.3 Å². The molecule has 3 N–H and O–H groups in total. The molecule has 0 fully saturated rings. The fourth-order valence-corrected chi connectivity index (χ4v) is 4.25. The summed E-state index contributed by atoms with van der Waals surface area (Å²) in [5, 5.41) is 13.7. The van der Waals surface area contributed by atoms with Gasteiger partial charge in [0.15, 0.2) is 0 Å². The molecule has 0 radical (unpaired) electrons. The summed E-state index contributed by atoms with van der Waals surface area (Å²) in [5.74, 6) is 7.20. The van der Waals surface area contributed by atoms with Gasteiger partial charge in [0.25, 0.3) is 11.1 Å². The molecule has 9 nitrogen and oxygen atoms in total. The monoisotopic (exact) mass is 519 g/mol. The van der Waals surface area contributed by atoms with Gasteiger partial charge in [-0.15, -0.1) is 9.89 Å². The van der Waals surface area contributed by atoms with Crippen LogP contribution in [0.25, 0.3) is 44.1 Å². The summed E-state index contributed by atoms with van der Waals surface area (Å²) in [4.78, 5) is 24.6. The Kier molecular flexibility index (Phi) is 7.05. The molecule has 2 aromatic heterocycles. The first kappa shape index (κ1) is 25.2. The molecule has 4 aromatic carbocycles. The number of aromatic amines is 1. The summed E-state index contributed by atoms with van der Waals surface area (Å²) in [6.45, 7) is 0. The van der Waals surface area contributed by atoms with Gasteiger partial charge < -0.3 is 15.3 Å². The van der Waals surface area contributed by atoms with Gasteiger partial charge in [-0.3, -0.25) is 9.59 Å². The van der Waals surface area contributed by atoms with Crippen molar-refractivity contribution in [3.63, 3.8) is 0 Å². The SMILES string of the molecule is COc1ccc(-c2n[nH]c(=O)c3ccccc23)cc1.COc1ccc(-c2nn(N)c(=O)c3ccccc23)cc1. The molecule has 0 aliphatic heterocycles. The number of ether oxygens (including phenoxy) is 2. The van der Waals surface area contributed by atoms with E-state index in [1.54, 1.807) is 26.4 Å². The number of rotatable bonds is 4. The van der Waals surface area contributed by atoms with E-state index in [1.165, 1.54) is 0 Å². The largest absolute Gasteiger partial charge is 0.497 e. The zero-order valence-electron chi connectivity index (χ0n) is 21.3. The van der Waals surface area contributed by atoms with E-state index >= 15 is 0 Å². The highest BCUT2D eigenvalue weighted by Crippen LogP contribution is 2.27. The van der Waals surface area contributed by atoms with Crippen LogP contribution in [0.3, 0.4) is 0 Å². The predicted molar refractivity (Wildman–Crippen MR) is 152 cm³/mol. The Morgan fingerprint density at radius 2 is 1.10 bits per heavy atom. The molecule has 194 valence electrons. The maximum atomic E-state index is 12.0. The first-order valence-corrected chi connectivity index (χ1v) is 12.0. The van der Waals surface area contributed by atoms with Crippen LogP contribution < -0.4 is 26.4 Å². The molecule has 0 saturated heterocycles. The number of hydrogen-bond acceptors (Lipinski definition) is 7. The standard InChI is InChI=1S/C15H13N3O2.C15H12N2O2/c1-20-11-8-6-10(7-9-11)14-12-4-2-3-5-13(12)15(19)18(16)17-14;1-19-11-8-6-10(7-9-11)14-12-4-2-3-5-13(12)15(18)17-16-14/h2-9H,16H2,1H3;2-9H,1H3,(H,17,18).